The van der Waals surface area contributed by atoms with Crippen LogP contribution in [-0.4, -0.2) is 35.8 Å². The Bertz CT molecular complexity index is 1490. The molecule has 2 aromatic heterocycles. The number of carbonyl (C=O) groups is 1. The van der Waals surface area contributed by atoms with Crippen LogP contribution >= 0.6 is 0 Å². The van der Waals surface area contributed by atoms with Gasteiger partial charge < -0.3 is 10.1 Å². The van der Waals surface area contributed by atoms with Crippen molar-refractivity contribution in [3.05, 3.63) is 64.5 Å². The molecule has 1 saturated carbocycles. The molecule has 37 heavy (non-hydrogen) atoms. The molecule has 1 aromatic carbocycles. The second-order valence-corrected chi connectivity index (χ2v) is 10.5. The molecule has 196 valence electrons. The van der Waals surface area contributed by atoms with Crippen LogP contribution in [0.4, 0.5) is 27.6 Å². The number of sulfone groups is 1. The Morgan fingerprint density at radius 1 is 1.11 bits per heavy atom. The van der Waals surface area contributed by atoms with Crippen molar-refractivity contribution in [1.29, 1.82) is 0 Å². The molecule has 14 heteroatoms. The predicted octanol–water partition coefficient (Wildman–Crippen LogP) is 5.19. The number of hydrogen-bond donors (Lipinski definition) is 1. The van der Waals surface area contributed by atoms with E-state index in [9.17, 15) is 35.2 Å². The number of carbonyl (C=O) groups excluding carboxylic acids is 1. The average Bonchev–Trinajstić information content (AvgIpc) is 2.76. The molecule has 0 unspecified atom stereocenters. The molecule has 3 aromatic rings. The minimum Gasteiger partial charge on any atom is -0.415 e. The topological polar surface area (TPSA) is 111 Å². The van der Waals surface area contributed by atoms with Crippen molar-refractivity contribution in [3.8, 4) is 11.8 Å². The normalized spacial score (nSPS) is 14.2. The van der Waals surface area contributed by atoms with E-state index in [0.717, 1.165) is 31.9 Å². The molecule has 1 N–H and O–H groups in total. The molecule has 1 amide bonds. The summed E-state index contributed by atoms with van der Waals surface area (Å²) < 4.78 is 98.5. The van der Waals surface area contributed by atoms with E-state index in [-0.39, 0.29) is 22.1 Å². The summed E-state index contributed by atoms with van der Waals surface area (Å²) >= 11 is 0. The molecule has 0 saturated heterocycles. The van der Waals surface area contributed by atoms with Crippen LogP contribution in [-0.2, 0) is 16.0 Å². The average molecular weight is 542 g/mol. The van der Waals surface area contributed by atoms with Gasteiger partial charge in [-0.15, -0.1) is 10.2 Å². The quantitative estimate of drug-likeness (QED) is 0.427. The molecule has 0 aliphatic heterocycles. The zero-order valence-electron chi connectivity index (χ0n) is 19.4. The Kier molecular flexibility index (Phi) is 6.88. The zero-order valence-corrected chi connectivity index (χ0v) is 20.2. The van der Waals surface area contributed by atoms with Crippen LogP contribution in [0.5, 0.6) is 11.8 Å². The highest BCUT2D eigenvalue weighted by molar-refractivity contribution is 7.90. The van der Waals surface area contributed by atoms with Gasteiger partial charge in [-0.2, -0.15) is 17.6 Å². The maximum absolute atomic E-state index is 14.7. The van der Waals surface area contributed by atoms with Gasteiger partial charge in [-0.1, -0.05) is 12.5 Å². The molecule has 1 aliphatic rings. The van der Waals surface area contributed by atoms with Crippen molar-refractivity contribution in [2.45, 2.75) is 43.2 Å². The third-order valence-corrected chi connectivity index (χ3v) is 7.00. The van der Waals surface area contributed by atoms with Gasteiger partial charge >= 0.3 is 6.18 Å². The highest BCUT2D eigenvalue weighted by atomic mass is 32.2. The van der Waals surface area contributed by atoms with Gasteiger partial charge in [-0.25, -0.2) is 17.8 Å². The number of pyridine rings is 1. The lowest BCUT2D eigenvalue weighted by Crippen LogP contribution is -2.21. The van der Waals surface area contributed by atoms with Gasteiger partial charge in [0, 0.05) is 23.7 Å². The van der Waals surface area contributed by atoms with E-state index in [4.69, 9.17) is 4.74 Å². The van der Waals surface area contributed by atoms with Crippen molar-refractivity contribution in [2.75, 3.05) is 11.6 Å². The van der Waals surface area contributed by atoms with E-state index in [1.165, 1.54) is 18.2 Å². The van der Waals surface area contributed by atoms with Gasteiger partial charge in [0.15, 0.2) is 21.3 Å². The Morgan fingerprint density at radius 3 is 2.41 bits per heavy atom. The van der Waals surface area contributed by atoms with E-state index >= 15 is 0 Å². The molecule has 0 radical (unpaired) electrons. The minimum absolute atomic E-state index is 0.0505. The molecule has 0 spiro atoms. The second kappa shape index (κ2) is 9.65. The van der Waals surface area contributed by atoms with Crippen molar-refractivity contribution in [1.82, 2.24) is 15.2 Å². The van der Waals surface area contributed by atoms with Crippen molar-refractivity contribution < 1.29 is 39.9 Å². The third-order valence-electron chi connectivity index (χ3n) is 5.89. The highest BCUT2D eigenvalue weighted by Gasteiger charge is 2.38. The minimum atomic E-state index is -5.00. The number of benzene rings is 1. The number of nitrogens with zero attached hydrogens (tertiary/aromatic N) is 3. The van der Waals surface area contributed by atoms with Crippen molar-refractivity contribution in [3.63, 3.8) is 0 Å². The fraction of sp³-hybridized carbons (Fsp3) is 0.304. The monoisotopic (exact) mass is 542 g/mol. The standard InChI is InChI=1S/C23H19F5N4O4S/c1-11-16(20(33)30-13-7-4-8-14(9-13)37(2,34)35)21(32-31-19(11)23(26,27)28)36-22-18(25)17(24)15(10-29-22)12-5-3-6-12/h4,7-10,12H,3,5-6H2,1-2H3,(H,30,33). The zero-order chi connectivity index (χ0) is 27.1. The molecular formula is C23H19F5N4O4S. The predicted molar refractivity (Wildman–Crippen MR) is 120 cm³/mol. The van der Waals surface area contributed by atoms with Crippen LogP contribution in [0.3, 0.4) is 0 Å². The number of halogens is 5. The first-order valence-corrected chi connectivity index (χ1v) is 12.7. The first-order valence-electron chi connectivity index (χ1n) is 10.8. The van der Waals surface area contributed by atoms with E-state index in [2.05, 4.69) is 20.5 Å². The van der Waals surface area contributed by atoms with Crippen LogP contribution < -0.4 is 10.1 Å². The molecule has 1 fully saturated rings. The lowest BCUT2D eigenvalue weighted by atomic mass is 9.80. The van der Waals surface area contributed by atoms with Crippen LogP contribution in [0, 0.1) is 18.6 Å². The Labute approximate surface area is 207 Å². The molecule has 0 bridgehead atoms. The number of hydrogen-bond acceptors (Lipinski definition) is 7. The molecule has 2 heterocycles. The number of nitrogens with one attached hydrogen (secondary N) is 1. The van der Waals surface area contributed by atoms with Gasteiger partial charge in [0.2, 0.25) is 5.82 Å². The van der Waals surface area contributed by atoms with Crippen molar-refractivity contribution in [2.24, 2.45) is 0 Å². The smallest absolute Gasteiger partial charge is 0.415 e. The Hall–Kier alpha value is -3.68. The van der Waals surface area contributed by atoms with Crippen LogP contribution in [0.15, 0.2) is 35.4 Å². The van der Waals surface area contributed by atoms with Gasteiger partial charge in [0.1, 0.15) is 5.56 Å². The van der Waals surface area contributed by atoms with Gasteiger partial charge in [0.25, 0.3) is 17.7 Å². The summed E-state index contributed by atoms with van der Waals surface area (Å²) in [5.74, 6) is -5.89. The summed E-state index contributed by atoms with van der Waals surface area (Å²) in [6.45, 7) is 0.927. The number of rotatable bonds is 6. The van der Waals surface area contributed by atoms with Gasteiger partial charge in [0.05, 0.1) is 4.90 Å². The summed E-state index contributed by atoms with van der Waals surface area (Å²) in [5, 5.41) is 8.63. The summed E-state index contributed by atoms with van der Waals surface area (Å²) in [7, 11) is -3.66. The van der Waals surface area contributed by atoms with E-state index in [1.807, 2.05) is 0 Å². The largest absolute Gasteiger partial charge is 0.435 e. The first kappa shape index (κ1) is 26.4. The van der Waals surface area contributed by atoms with E-state index < -0.39 is 62.1 Å². The lowest BCUT2D eigenvalue weighted by molar-refractivity contribution is -0.142. The summed E-state index contributed by atoms with van der Waals surface area (Å²) in [4.78, 5) is 16.6. The number of aromatic nitrogens is 3. The summed E-state index contributed by atoms with van der Waals surface area (Å²) in [5.41, 5.74) is -3.01. The summed E-state index contributed by atoms with van der Waals surface area (Å²) in [6, 6.07) is 4.97. The Balaban J connectivity index is 1.75. The SMILES string of the molecule is Cc1c(C(F)(F)F)nnc(Oc2ncc(C3CCC3)c(F)c2F)c1C(=O)Nc1cccc(S(C)(=O)=O)c1. The molecule has 0 atom stereocenters. The van der Waals surface area contributed by atoms with E-state index in [0.29, 0.717) is 12.8 Å². The highest BCUT2D eigenvalue weighted by Crippen LogP contribution is 2.40. The first-order chi connectivity index (χ1) is 17.3. The Morgan fingerprint density at radius 2 is 1.81 bits per heavy atom. The molecule has 1 aliphatic carbocycles. The van der Waals surface area contributed by atoms with Gasteiger partial charge in [-0.3, -0.25) is 4.79 Å². The molecule has 4 rings (SSSR count). The third kappa shape index (κ3) is 5.38. The maximum Gasteiger partial charge on any atom is 0.435 e. The van der Waals surface area contributed by atoms with E-state index in [1.54, 1.807) is 0 Å². The van der Waals surface area contributed by atoms with Crippen LogP contribution in [0.25, 0.3) is 0 Å². The second-order valence-electron chi connectivity index (χ2n) is 8.48. The lowest BCUT2D eigenvalue weighted by Gasteiger charge is -2.26. The number of amides is 1. The summed E-state index contributed by atoms with van der Waals surface area (Å²) in [6.07, 6.45) is -0.822. The molecule has 8 nitrogen and oxygen atoms in total. The number of anilines is 1. The van der Waals surface area contributed by atoms with Gasteiger partial charge in [-0.05, 0) is 49.4 Å². The van der Waals surface area contributed by atoms with Crippen LogP contribution in [0.2, 0.25) is 0 Å². The molecular weight excluding hydrogens is 523 g/mol. The fourth-order valence-corrected chi connectivity index (χ4v) is 4.40. The fourth-order valence-electron chi connectivity index (χ4n) is 3.73. The van der Waals surface area contributed by atoms with Crippen molar-refractivity contribution >= 4 is 21.4 Å². The number of ether oxygens (including phenoxy) is 1. The maximum atomic E-state index is 14.7. The van der Waals surface area contributed by atoms with Crippen LogP contribution in [0.1, 0.15) is 52.4 Å². The number of alkyl halides is 3.